The summed E-state index contributed by atoms with van der Waals surface area (Å²) in [6.45, 7) is 0.863. The molecule has 2 aliphatic heterocycles. The summed E-state index contributed by atoms with van der Waals surface area (Å²) in [5, 5.41) is 52.0. The summed E-state index contributed by atoms with van der Waals surface area (Å²) in [7, 11) is 1.83. The normalized spacial score (nSPS) is 24.1. The fourth-order valence-electron chi connectivity index (χ4n) is 6.46. The highest BCUT2D eigenvalue weighted by atomic mass is 33.1. The Morgan fingerprint density at radius 3 is 1.81 bits per heavy atom. The zero-order valence-corrected chi connectivity index (χ0v) is 40.0. The quantitative estimate of drug-likeness (QED) is 0.0359. The lowest BCUT2D eigenvalue weighted by Crippen LogP contribution is -2.59. The van der Waals surface area contributed by atoms with Gasteiger partial charge in [-0.05, 0) is 49.8 Å². The van der Waals surface area contributed by atoms with Crippen LogP contribution in [0, 0.1) is 5.41 Å². The molecule has 7 atom stereocenters. The maximum absolute atomic E-state index is 14.2. The van der Waals surface area contributed by atoms with Crippen LogP contribution >= 0.6 is 33.3 Å². The van der Waals surface area contributed by atoms with Gasteiger partial charge in [-0.25, -0.2) is 0 Å². The topological polar surface area (TPSA) is 424 Å². The van der Waals surface area contributed by atoms with Crippen LogP contribution in [0.4, 0.5) is 0 Å². The first-order chi connectivity index (χ1) is 32.7. The van der Waals surface area contributed by atoms with Gasteiger partial charge < -0.3 is 74.8 Å². The number of rotatable bonds is 14. The molecule has 0 aliphatic carbocycles. The van der Waals surface area contributed by atoms with Gasteiger partial charge in [0.1, 0.15) is 48.0 Å². The van der Waals surface area contributed by atoms with Crippen molar-refractivity contribution >= 4 is 104 Å². The van der Waals surface area contributed by atoms with Gasteiger partial charge >= 0.3 is 5.97 Å². The highest BCUT2D eigenvalue weighted by molar-refractivity contribution is 8.76. The maximum atomic E-state index is 14.2. The van der Waals surface area contributed by atoms with Crippen molar-refractivity contribution in [2.45, 2.75) is 94.2 Å². The molecule has 3 rings (SSSR count). The zero-order valence-electron chi connectivity index (χ0n) is 37.5. The number of aromatic hydroxyl groups is 1. The van der Waals surface area contributed by atoms with E-state index in [1.54, 1.807) is 0 Å². The second kappa shape index (κ2) is 29.4. The number of phenolic OH excluding ortho intramolecular Hbond substituents is 1. The highest BCUT2D eigenvalue weighted by Crippen LogP contribution is 2.24. The molecular formula is C40H59N13O13S3. The molecule has 7 unspecified atom stereocenters. The minimum Gasteiger partial charge on any atom is -0.508 e. The van der Waals surface area contributed by atoms with E-state index in [-0.39, 0.29) is 79.4 Å². The first-order valence-electron chi connectivity index (χ1n) is 21.5. The number of phenols is 1. The lowest BCUT2D eigenvalue weighted by atomic mass is 10.0. The van der Waals surface area contributed by atoms with Crippen molar-refractivity contribution in [3.8, 4) is 5.75 Å². The van der Waals surface area contributed by atoms with E-state index in [1.165, 1.54) is 31.2 Å². The number of aliphatic carboxylic acids is 1. The number of nitrogens with two attached hydrogens (primary N) is 2. The first kappa shape index (κ1) is 56.8. The predicted molar refractivity (Wildman–Crippen MR) is 254 cm³/mol. The number of primary amides is 1. The minimum absolute atomic E-state index is 0.0239. The number of fused-ring (bicyclic) bond motifs is 5. The Labute approximate surface area is 408 Å². The van der Waals surface area contributed by atoms with Crippen molar-refractivity contribution in [1.29, 1.82) is 5.41 Å². The van der Waals surface area contributed by atoms with Crippen LogP contribution in [0.3, 0.4) is 0 Å². The summed E-state index contributed by atoms with van der Waals surface area (Å²) in [6, 6.07) is -4.78. The van der Waals surface area contributed by atoms with Crippen LogP contribution in [-0.4, -0.2) is 166 Å². The summed E-state index contributed by atoms with van der Waals surface area (Å²) < 4.78 is 0. The van der Waals surface area contributed by atoms with Crippen molar-refractivity contribution in [3.05, 3.63) is 29.8 Å². The third-order valence-corrected chi connectivity index (χ3v) is 13.5. The van der Waals surface area contributed by atoms with Crippen molar-refractivity contribution in [3.63, 3.8) is 0 Å². The van der Waals surface area contributed by atoms with Crippen LogP contribution in [0.5, 0.6) is 5.75 Å². The zero-order chi connectivity index (χ0) is 51.0. The summed E-state index contributed by atoms with van der Waals surface area (Å²) in [5.74, 6) is -11.9. The van der Waals surface area contributed by atoms with Gasteiger partial charge in [0.2, 0.25) is 59.1 Å². The number of carbonyl (C=O) groups excluding carboxylic acids is 10. The third-order valence-electron chi connectivity index (χ3n) is 10.0. The molecule has 2 saturated heterocycles. The molecule has 2 heterocycles. The molecule has 1 aromatic rings. The number of carbonyl (C=O) groups is 11. The lowest BCUT2D eigenvalue weighted by molar-refractivity contribution is -0.141. The van der Waals surface area contributed by atoms with Crippen LogP contribution in [0.1, 0.15) is 51.0 Å². The van der Waals surface area contributed by atoms with E-state index in [2.05, 4.69) is 53.2 Å². The first-order valence-corrected chi connectivity index (χ1v) is 25.2. The fourth-order valence-corrected chi connectivity index (χ4v) is 9.66. The largest absolute Gasteiger partial charge is 0.508 e. The SMILES string of the molecule is CC(=O)NCCCCC1NC(=O)CSCC(C(N)=O)NC(=O)C(Cc2ccc(O)cc2)NC(=O)C2CSSCC(NC1=O)C(=O)NC(CCCNC(=N)N)C(=O)NCC(=O)NC(CC(=O)O)C(=O)N2. The Kier molecular flexibility index (Phi) is 24.2. The number of benzene rings is 1. The number of carboxylic acids is 1. The van der Waals surface area contributed by atoms with Crippen molar-refractivity contribution < 1.29 is 63.0 Å². The molecule has 29 heteroatoms. The minimum atomic E-state index is -1.80. The van der Waals surface area contributed by atoms with Gasteiger partial charge in [0, 0.05) is 43.7 Å². The Hall–Kier alpha value is -6.49. The van der Waals surface area contributed by atoms with E-state index >= 15 is 0 Å². The van der Waals surface area contributed by atoms with Crippen LogP contribution < -0.4 is 64.6 Å². The molecule has 0 saturated carbocycles. The summed E-state index contributed by atoms with van der Waals surface area (Å²) in [5.41, 5.74) is 11.4. The third kappa shape index (κ3) is 21.6. The highest BCUT2D eigenvalue weighted by Gasteiger charge is 2.35. The van der Waals surface area contributed by atoms with Gasteiger partial charge in [-0.3, -0.25) is 58.1 Å². The molecule has 69 heavy (non-hydrogen) atoms. The Bertz CT molecular complexity index is 2050. The molecule has 0 spiro atoms. The monoisotopic (exact) mass is 1030 g/mol. The standard InChI is InChI=1S/C40H59N13O13S3/c1-20(54)44-11-3-2-5-24-35(62)52-28-17-68-69-18-29(39(66)50-25(13-21-7-9-22(55)10-8-21)36(63)51-27(33(41)60)16-67-19-31(57)47-24)53-37(64)26(14-32(58)59)48-30(56)15-46-34(61)23(49-38(28)65)6-4-12-45-40(42)43/h7-10,23-29,55H,2-6,11-19H2,1H3,(H2,41,60)(H,44,54)(H,46,61)(H,47,57)(H,48,56)(H,49,65)(H,50,66)(H,51,63)(H,52,62)(H,53,64)(H,58,59)(H4,42,43,45). The number of guanidine groups is 1. The van der Waals surface area contributed by atoms with Gasteiger partial charge in [0.15, 0.2) is 5.96 Å². The molecule has 0 radical (unpaired) electrons. The Balaban J connectivity index is 2.14. The number of thioether (sulfide) groups is 1. The second-order valence-corrected chi connectivity index (χ2v) is 19.3. The van der Waals surface area contributed by atoms with Gasteiger partial charge in [-0.15, -0.1) is 11.8 Å². The fraction of sp³-hybridized carbons (Fsp3) is 0.550. The molecule has 1 aromatic carbocycles. The molecule has 0 aromatic heterocycles. The maximum Gasteiger partial charge on any atom is 0.305 e. The lowest BCUT2D eigenvalue weighted by Gasteiger charge is -2.26. The average Bonchev–Trinajstić information content (AvgIpc) is 3.27. The number of hydrogen-bond acceptors (Lipinski definition) is 16. The number of unbranched alkanes of at least 4 members (excludes halogenated alkanes) is 1. The van der Waals surface area contributed by atoms with E-state index in [1.807, 2.05) is 0 Å². The average molecular weight is 1030 g/mol. The second-order valence-electron chi connectivity index (χ2n) is 15.7. The summed E-state index contributed by atoms with van der Waals surface area (Å²) >= 11 is 0.871. The molecule has 10 amide bonds. The molecular weight excluding hydrogens is 967 g/mol. The number of carboxylic acid groups (broad SMARTS) is 1. The molecule has 17 N–H and O–H groups in total. The van der Waals surface area contributed by atoms with Gasteiger partial charge in [-0.2, -0.15) is 0 Å². The van der Waals surface area contributed by atoms with Crippen LogP contribution in [0.25, 0.3) is 0 Å². The van der Waals surface area contributed by atoms with E-state index in [0.717, 1.165) is 33.3 Å². The van der Waals surface area contributed by atoms with Crippen LogP contribution in [0.15, 0.2) is 24.3 Å². The number of nitrogens with one attached hydrogen (secondary N) is 11. The van der Waals surface area contributed by atoms with Crippen molar-refractivity contribution in [1.82, 2.24) is 53.2 Å². The predicted octanol–water partition coefficient (Wildman–Crippen LogP) is -4.88. The molecule has 26 nitrogen and oxygen atoms in total. The molecule has 380 valence electrons. The smallest absolute Gasteiger partial charge is 0.305 e. The van der Waals surface area contributed by atoms with Gasteiger partial charge in [-0.1, -0.05) is 33.7 Å². The van der Waals surface area contributed by atoms with E-state index in [4.69, 9.17) is 16.9 Å². The number of hydrogen-bond donors (Lipinski definition) is 15. The van der Waals surface area contributed by atoms with Crippen LogP contribution in [0.2, 0.25) is 0 Å². The van der Waals surface area contributed by atoms with Gasteiger partial charge in [0.25, 0.3) is 0 Å². The Morgan fingerprint density at radius 1 is 0.667 bits per heavy atom. The van der Waals surface area contributed by atoms with Crippen molar-refractivity contribution in [2.24, 2.45) is 11.5 Å². The molecule has 2 fully saturated rings. The molecule has 2 bridgehead atoms. The molecule has 2 aliphatic rings. The van der Waals surface area contributed by atoms with E-state index in [9.17, 15) is 63.0 Å². The van der Waals surface area contributed by atoms with Gasteiger partial charge in [0.05, 0.1) is 18.7 Å². The van der Waals surface area contributed by atoms with Crippen LogP contribution in [-0.2, 0) is 59.2 Å². The van der Waals surface area contributed by atoms with Crippen molar-refractivity contribution in [2.75, 3.05) is 42.6 Å². The number of amides is 10. The Morgan fingerprint density at radius 2 is 1.22 bits per heavy atom. The van der Waals surface area contributed by atoms with E-state index < -0.39 is 114 Å². The van der Waals surface area contributed by atoms with E-state index in [0.29, 0.717) is 18.4 Å². The summed E-state index contributed by atoms with van der Waals surface area (Å²) in [4.78, 5) is 146. The summed E-state index contributed by atoms with van der Waals surface area (Å²) in [6.07, 6.45) is -0.416.